The molecule has 0 amide bonds. The molecule has 22 heavy (non-hydrogen) atoms. The molecule has 0 saturated heterocycles. The van der Waals surface area contributed by atoms with E-state index in [4.69, 9.17) is 5.11 Å². The molecule has 0 aliphatic heterocycles. The van der Waals surface area contributed by atoms with Gasteiger partial charge in [0.25, 0.3) is 0 Å². The van der Waals surface area contributed by atoms with Crippen LogP contribution in [0.4, 0.5) is 0 Å². The van der Waals surface area contributed by atoms with Gasteiger partial charge in [-0.05, 0) is 44.9 Å². The first-order chi connectivity index (χ1) is 10.8. The molecule has 0 aromatic carbocycles. The molecule has 0 aromatic heterocycles. The van der Waals surface area contributed by atoms with Crippen LogP contribution in [-0.4, -0.2) is 11.1 Å². The van der Waals surface area contributed by atoms with Crippen LogP contribution in [0.25, 0.3) is 0 Å². The van der Waals surface area contributed by atoms with Gasteiger partial charge in [-0.2, -0.15) is 0 Å². The molecule has 0 aromatic rings. The smallest absolute Gasteiger partial charge is 0.303 e. The van der Waals surface area contributed by atoms with Crippen LogP contribution in [0.5, 0.6) is 0 Å². The summed E-state index contributed by atoms with van der Waals surface area (Å²) in [6.07, 6.45) is 27.4. The van der Waals surface area contributed by atoms with Crippen molar-refractivity contribution < 1.29 is 9.90 Å². The number of carbonyl (C=O) groups is 1. The van der Waals surface area contributed by atoms with E-state index in [1.807, 2.05) is 24.3 Å². The van der Waals surface area contributed by atoms with Gasteiger partial charge in [0.1, 0.15) is 0 Å². The fraction of sp³-hybridized carbons (Fsp3) is 0.550. The standard InChI is InChI=1S/C20H32O2/c1-2-3-4-5-6-7-8-9-10-11-12-13-14-15-16-17-18-19-20(21)22/h6-7,11-16H,2-5,8-10,17-19H2,1H3,(H,21,22). The minimum Gasteiger partial charge on any atom is -0.481 e. The zero-order valence-electron chi connectivity index (χ0n) is 14.0. The van der Waals surface area contributed by atoms with Crippen LogP contribution in [0.15, 0.2) is 48.6 Å². The van der Waals surface area contributed by atoms with Crippen molar-refractivity contribution in [3.8, 4) is 0 Å². The fourth-order valence-electron chi connectivity index (χ4n) is 1.95. The highest BCUT2D eigenvalue weighted by Gasteiger charge is 1.92. The van der Waals surface area contributed by atoms with Crippen molar-refractivity contribution in [2.24, 2.45) is 0 Å². The van der Waals surface area contributed by atoms with Crippen molar-refractivity contribution in [3.63, 3.8) is 0 Å². The summed E-state index contributed by atoms with van der Waals surface area (Å²) in [6, 6.07) is 0. The van der Waals surface area contributed by atoms with Gasteiger partial charge < -0.3 is 5.11 Å². The molecular formula is C20H32O2. The third kappa shape index (κ3) is 18.4. The molecule has 0 fully saturated rings. The van der Waals surface area contributed by atoms with E-state index in [0.717, 1.165) is 12.8 Å². The summed E-state index contributed by atoms with van der Waals surface area (Å²) in [7, 11) is 0. The second-order valence-electron chi connectivity index (χ2n) is 5.43. The molecule has 0 atom stereocenters. The maximum absolute atomic E-state index is 10.3. The van der Waals surface area contributed by atoms with Crippen molar-refractivity contribution in [1.82, 2.24) is 0 Å². The number of carboxylic acids is 1. The van der Waals surface area contributed by atoms with Crippen LogP contribution in [0.1, 0.15) is 71.1 Å². The Hall–Kier alpha value is -1.57. The van der Waals surface area contributed by atoms with Gasteiger partial charge in [-0.3, -0.25) is 4.79 Å². The van der Waals surface area contributed by atoms with Crippen molar-refractivity contribution in [2.75, 3.05) is 0 Å². The molecule has 0 saturated carbocycles. The summed E-state index contributed by atoms with van der Waals surface area (Å²) in [6.45, 7) is 2.24. The molecule has 0 bridgehead atoms. The first kappa shape index (κ1) is 20.4. The SMILES string of the molecule is CCCCCC=CCCCC=CC=CC=CCCCC(=O)O. The zero-order valence-corrected chi connectivity index (χ0v) is 14.0. The summed E-state index contributed by atoms with van der Waals surface area (Å²) >= 11 is 0. The number of hydrogen-bond donors (Lipinski definition) is 1. The molecule has 2 nitrogen and oxygen atoms in total. The summed E-state index contributed by atoms with van der Waals surface area (Å²) in [5, 5.41) is 8.49. The second-order valence-corrected chi connectivity index (χ2v) is 5.43. The molecule has 0 radical (unpaired) electrons. The van der Waals surface area contributed by atoms with Gasteiger partial charge >= 0.3 is 5.97 Å². The van der Waals surface area contributed by atoms with Gasteiger partial charge in [-0.1, -0.05) is 68.4 Å². The van der Waals surface area contributed by atoms with Crippen LogP contribution in [0.3, 0.4) is 0 Å². The Balaban J connectivity index is 3.40. The van der Waals surface area contributed by atoms with E-state index >= 15 is 0 Å². The van der Waals surface area contributed by atoms with E-state index in [1.54, 1.807) is 0 Å². The van der Waals surface area contributed by atoms with Crippen molar-refractivity contribution in [1.29, 1.82) is 0 Å². The molecule has 0 spiro atoms. The second kappa shape index (κ2) is 17.5. The number of rotatable bonds is 14. The highest BCUT2D eigenvalue weighted by atomic mass is 16.4. The van der Waals surface area contributed by atoms with Crippen LogP contribution >= 0.6 is 0 Å². The normalized spacial score (nSPS) is 12.4. The van der Waals surface area contributed by atoms with Crippen molar-refractivity contribution in [3.05, 3.63) is 48.6 Å². The Bertz CT molecular complexity index is 362. The van der Waals surface area contributed by atoms with Crippen LogP contribution < -0.4 is 0 Å². The van der Waals surface area contributed by atoms with Crippen molar-refractivity contribution in [2.45, 2.75) is 71.1 Å². The van der Waals surface area contributed by atoms with E-state index in [9.17, 15) is 4.79 Å². The highest BCUT2D eigenvalue weighted by Crippen LogP contribution is 2.03. The zero-order chi connectivity index (χ0) is 16.3. The largest absolute Gasteiger partial charge is 0.481 e. The Morgan fingerprint density at radius 2 is 1.27 bits per heavy atom. The van der Waals surface area contributed by atoms with E-state index in [2.05, 4.69) is 31.2 Å². The molecule has 1 N–H and O–H groups in total. The Morgan fingerprint density at radius 1 is 0.727 bits per heavy atom. The minimum absolute atomic E-state index is 0.251. The quantitative estimate of drug-likeness (QED) is 0.235. The topological polar surface area (TPSA) is 37.3 Å². The number of carboxylic acid groups (broad SMARTS) is 1. The van der Waals surface area contributed by atoms with Gasteiger partial charge in [-0.25, -0.2) is 0 Å². The lowest BCUT2D eigenvalue weighted by atomic mass is 10.1. The maximum atomic E-state index is 10.3. The third-order valence-electron chi connectivity index (χ3n) is 3.25. The molecule has 2 heteroatoms. The number of hydrogen-bond acceptors (Lipinski definition) is 1. The van der Waals surface area contributed by atoms with Crippen LogP contribution in [-0.2, 0) is 4.79 Å². The van der Waals surface area contributed by atoms with Gasteiger partial charge in [0, 0.05) is 6.42 Å². The van der Waals surface area contributed by atoms with Crippen LogP contribution in [0, 0.1) is 0 Å². The fourth-order valence-corrected chi connectivity index (χ4v) is 1.95. The molecular weight excluding hydrogens is 272 g/mol. The van der Waals surface area contributed by atoms with Gasteiger partial charge in [-0.15, -0.1) is 0 Å². The lowest BCUT2D eigenvalue weighted by Gasteiger charge is -1.92. The Labute approximate surface area is 136 Å². The number of aliphatic carboxylic acids is 1. The van der Waals surface area contributed by atoms with E-state index < -0.39 is 5.97 Å². The minimum atomic E-state index is -0.720. The molecule has 0 aliphatic rings. The maximum Gasteiger partial charge on any atom is 0.303 e. The lowest BCUT2D eigenvalue weighted by molar-refractivity contribution is -0.137. The average molecular weight is 304 g/mol. The Morgan fingerprint density at radius 3 is 1.86 bits per heavy atom. The number of allylic oxidation sites excluding steroid dienone is 8. The van der Waals surface area contributed by atoms with Gasteiger partial charge in [0.15, 0.2) is 0 Å². The van der Waals surface area contributed by atoms with Gasteiger partial charge in [0.05, 0.1) is 0 Å². The Kier molecular flexibility index (Phi) is 16.2. The summed E-state index contributed by atoms with van der Waals surface area (Å²) in [5.41, 5.74) is 0. The van der Waals surface area contributed by atoms with E-state index in [1.165, 1.54) is 38.5 Å². The van der Waals surface area contributed by atoms with Gasteiger partial charge in [0.2, 0.25) is 0 Å². The monoisotopic (exact) mass is 304 g/mol. The third-order valence-corrected chi connectivity index (χ3v) is 3.25. The predicted molar refractivity (Wildman–Crippen MR) is 96.0 cm³/mol. The highest BCUT2D eigenvalue weighted by molar-refractivity contribution is 5.66. The van der Waals surface area contributed by atoms with E-state index in [0.29, 0.717) is 6.42 Å². The summed E-state index contributed by atoms with van der Waals surface area (Å²) in [4.78, 5) is 10.3. The van der Waals surface area contributed by atoms with Crippen LogP contribution in [0.2, 0.25) is 0 Å². The molecule has 0 unspecified atom stereocenters. The van der Waals surface area contributed by atoms with E-state index in [-0.39, 0.29) is 6.42 Å². The summed E-state index contributed by atoms with van der Waals surface area (Å²) < 4.78 is 0. The molecule has 124 valence electrons. The first-order valence-corrected chi connectivity index (χ1v) is 8.62. The first-order valence-electron chi connectivity index (χ1n) is 8.62. The lowest BCUT2D eigenvalue weighted by Crippen LogP contribution is -1.92. The molecule has 0 aliphatic carbocycles. The average Bonchev–Trinajstić information content (AvgIpc) is 2.50. The molecule has 0 rings (SSSR count). The predicted octanol–water partition coefficient (Wildman–Crippen LogP) is 6.22. The number of unbranched alkanes of at least 4 members (excludes halogenated alkanes) is 6. The molecule has 0 heterocycles. The van der Waals surface area contributed by atoms with Crippen molar-refractivity contribution >= 4 is 5.97 Å². The summed E-state index contributed by atoms with van der Waals surface area (Å²) in [5.74, 6) is -0.720.